The highest BCUT2D eigenvalue weighted by Gasteiger charge is 2.15. The fourth-order valence-electron chi connectivity index (χ4n) is 1.79. The molecule has 100 valence electrons. The maximum absolute atomic E-state index is 12.0. The number of hydrogen-bond donors (Lipinski definition) is 2. The van der Waals surface area contributed by atoms with Crippen LogP contribution in [0.25, 0.3) is 0 Å². The molecule has 1 aromatic heterocycles. The van der Waals surface area contributed by atoms with Gasteiger partial charge in [-0.2, -0.15) is 0 Å². The van der Waals surface area contributed by atoms with Crippen molar-refractivity contribution in [2.45, 2.75) is 26.4 Å². The van der Waals surface area contributed by atoms with Gasteiger partial charge in [0.15, 0.2) is 0 Å². The van der Waals surface area contributed by atoms with Gasteiger partial charge < -0.3 is 11.1 Å². The summed E-state index contributed by atoms with van der Waals surface area (Å²) in [5, 5.41) is 2.87. The van der Waals surface area contributed by atoms with Crippen LogP contribution in [0.1, 0.15) is 26.9 Å². The smallest absolute Gasteiger partial charge is 0.241 e. The summed E-state index contributed by atoms with van der Waals surface area (Å²) in [7, 11) is 0. The number of aryl methyl sites for hydroxylation is 2. The third-order valence-electron chi connectivity index (χ3n) is 2.95. The summed E-state index contributed by atoms with van der Waals surface area (Å²) in [6.45, 7) is 4.60. The van der Waals surface area contributed by atoms with E-state index in [0.717, 1.165) is 16.0 Å². The van der Waals surface area contributed by atoms with E-state index < -0.39 is 6.04 Å². The van der Waals surface area contributed by atoms with E-state index >= 15 is 0 Å². The number of thiophene rings is 1. The molecule has 1 unspecified atom stereocenters. The zero-order chi connectivity index (χ0) is 13.8. The first-order chi connectivity index (χ1) is 9.06. The Morgan fingerprint density at radius 3 is 2.47 bits per heavy atom. The largest absolute Gasteiger partial charge is 0.350 e. The van der Waals surface area contributed by atoms with Crippen LogP contribution in [-0.2, 0) is 11.3 Å². The Morgan fingerprint density at radius 1 is 1.21 bits per heavy atom. The second-order valence-electron chi connectivity index (χ2n) is 4.62. The molecule has 0 fully saturated rings. The van der Waals surface area contributed by atoms with Gasteiger partial charge in [0.2, 0.25) is 5.91 Å². The molecule has 0 radical (unpaired) electrons. The van der Waals surface area contributed by atoms with Crippen LogP contribution in [0.3, 0.4) is 0 Å². The van der Waals surface area contributed by atoms with Crippen LogP contribution in [-0.4, -0.2) is 5.91 Å². The average Bonchev–Trinajstić information content (AvgIpc) is 2.82. The van der Waals surface area contributed by atoms with E-state index in [1.807, 2.05) is 50.2 Å². The third-order valence-corrected chi connectivity index (χ3v) is 3.95. The molecule has 1 heterocycles. The highest BCUT2D eigenvalue weighted by Crippen LogP contribution is 2.15. The van der Waals surface area contributed by atoms with Gasteiger partial charge in [-0.25, -0.2) is 0 Å². The molecule has 0 saturated heterocycles. The molecule has 0 spiro atoms. The first-order valence-corrected chi connectivity index (χ1v) is 7.03. The minimum atomic E-state index is -0.610. The lowest BCUT2D eigenvalue weighted by Gasteiger charge is -2.12. The minimum Gasteiger partial charge on any atom is -0.350 e. The van der Waals surface area contributed by atoms with Crippen molar-refractivity contribution in [3.8, 4) is 0 Å². The van der Waals surface area contributed by atoms with Crippen LogP contribution in [0, 0.1) is 13.8 Å². The molecule has 0 aliphatic carbocycles. The monoisotopic (exact) mass is 274 g/mol. The van der Waals surface area contributed by atoms with E-state index in [0.29, 0.717) is 6.54 Å². The van der Waals surface area contributed by atoms with Gasteiger partial charge in [0.25, 0.3) is 0 Å². The third kappa shape index (κ3) is 3.66. The highest BCUT2D eigenvalue weighted by atomic mass is 32.1. The predicted molar refractivity (Wildman–Crippen MR) is 79.0 cm³/mol. The van der Waals surface area contributed by atoms with E-state index in [4.69, 9.17) is 5.73 Å². The van der Waals surface area contributed by atoms with Gasteiger partial charge >= 0.3 is 0 Å². The average molecular weight is 274 g/mol. The second kappa shape index (κ2) is 5.99. The van der Waals surface area contributed by atoms with E-state index in [1.165, 1.54) is 4.88 Å². The Labute approximate surface area is 117 Å². The van der Waals surface area contributed by atoms with Crippen molar-refractivity contribution in [1.82, 2.24) is 5.32 Å². The van der Waals surface area contributed by atoms with Crippen molar-refractivity contribution in [1.29, 1.82) is 0 Å². The fourth-order valence-corrected chi connectivity index (χ4v) is 2.62. The van der Waals surface area contributed by atoms with E-state index in [-0.39, 0.29) is 5.91 Å². The molecular formula is C15H18N2OS. The van der Waals surface area contributed by atoms with Crippen LogP contribution in [0.4, 0.5) is 0 Å². The maximum atomic E-state index is 12.0. The maximum Gasteiger partial charge on any atom is 0.241 e. The van der Waals surface area contributed by atoms with Crippen molar-refractivity contribution in [3.63, 3.8) is 0 Å². The Morgan fingerprint density at radius 2 is 1.89 bits per heavy atom. The van der Waals surface area contributed by atoms with E-state index in [9.17, 15) is 4.79 Å². The number of carbonyl (C=O) groups is 1. The first kappa shape index (κ1) is 13.8. The number of nitrogens with two attached hydrogens (primary N) is 1. The molecule has 2 rings (SSSR count). The highest BCUT2D eigenvalue weighted by molar-refractivity contribution is 7.11. The number of nitrogens with one attached hydrogen (secondary N) is 1. The van der Waals surface area contributed by atoms with Crippen LogP contribution < -0.4 is 11.1 Å². The van der Waals surface area contributed by atoms with Crippen molar-refractivity contribution in [2.75, 3.05) is 0 Å². The predicted octanol–water partition coefficient (Wildman–Crippen LogP) is 2.68. The molecule has 0 aliphatic rings. The lowest BCUT2D eigenvalue weighted by Crippen LogP contribution is -2.33. The molecule has 1 atom stereocenters. The van der Waals surface area contributed by atoms with Crippen molar-refractivity contribution >= 4 is 17.2 Å². The summed E-state index contributed by atoms with van der Waals surface area (Å²) in [6, 6.07) is 11.2. The molecular weight excluding hydrogens is 256 g/mol. The van der Waals surface area contributed by atoms with Crippen LogP contribution in [0.15, 0.2) is 36.4 Å². The summed E-state index contributed by atoms with van der Waals surface area (Å²) in [6.07, 6.45) is 0. The van der Waals surface area contributed by atoms with Gasteiger partial charge in [-0.15, -0.1) is 11.3 Å². The van der Waals surface area contributed by atoms with Gasteiger partial charge in [0, 0.05) is 9.75 Å². The quantitative estimate of drug-likeness (QED) is 0.900. The topological polar surface area (TPSA) is 55.1 Å². The van der Waals surface area contributed by atoms with Crippen LogP contribution >= 0.6 is 11.3 Å². The van der Waals surface area contributed by atoms with Crippen molar-refractivity contribution < 1.29 is 4.79 Å². The zero-order valence-corrected chi connectivity index (χ0v) is 12.0. The molecule has 1 aromatic carbocycles. The SMILES string of the molecule is Cc1ccc(C(N)C(=O)NCc2ccc(C)s2)cc1. The van der Waals surface area contributed by atoms with Gasteiger partial charge in [-0.05, 0) is 31.5 Å². The Kier molecular flexibility index (Phi) is 4.35. The summed E-state index contributed by atoms with van der Waals surface area (Å²) in [4.78, 5) is 14.4. The zero-order valence-electron chi connectivity index (χ0n) is 11.1. The second-order valence-corrected chi connectivity index (χ2v) is 5.99. The number of hydrogen-bond acceptors (Lipinski definition) is 3. The molecule has 0 saturated carbocycles. The molecule has 4 heteroatoms. The molecule has 3 N–H and O–H groups in total. The lowest BCUT2D eigenvalue weighted by atomic mass is 10.1. The molecule has 0 bridgehead atoms. The fraction of sp³-hybridized carbons (Fsp3) is 0.267. The molecule has 1 amide bonds. The minimum absolute atomic E-state index is 0.144. The van der Waals surface area contributed by atoms with Crippen molar-refractivity contribution in [2.24, 2.45) is 5.73 Å². The molecule has 3 nitrogen and oxygen atoms in total. The van der Waals surface area contributed by atoms with E-state index in [1.54, 1.807) is 11.3 Å². The molecule has 2 aromatic rings. The number of benzene rings is 1. The summed E-state index contributed by atoms with van der Waals surface area (Å²) < 4.78 is 0. The Bertz CT molecular complexity index is 560. The number of carbonyl (C=O) groups excluding carboxylic acids is 1. The normalized spacial score (nSPS) is 12.2. The molecule has 19 heavy (non-hydrogen) atoms. The van der Waals surface area contributed by atoms with Gasteiger partial charge in [0.1, 0.15) is 6.04 Å². The van der Waals surface area contributed by atoms with Gasteiger partial charge in [-0.3, -0.25) is 4.79 Å². The summed E-state index contributed by atoms with van der Waals surface area (Å²) >= 11 is 1.68. The standard InChI is InChI=1S/C15H18N2OS/c1-10-3-6-12(7-4-10)14(16)15(18)17-9-13-8-5-11(2)19-13/h3-8,14H,9,16H2,1-2H3,(H,17,18). The summed E-state index contributed by atoms with van der Waals surface area (Å²) in [5.74, 6) is -0.144. The van der Waals surface area contributed by atoms with Crippen LogP contribution in [0.5, 0.6) is 0 Å². The Balaban J connectivity index is 1.94. The molecule has 0 aliphatic heterocycles. The Hall–Kier alpha value is -1.65. The summed E-state index contributed by atoms with van der Waals surface area (Å²) in [5.41, 5.74) is 7.95. The van der Waals surface area contributed by atoms with Gasteiger partial charge in [0.05, 0.1) is 6.54 Å². The first-order valence-electron chi connectivity index (χ1n) is 6.21. The van der Waals surface area contributed by atoms with Crippen molar-refractivity contribution in [3.05, 3.63) is 57.3 Å². The lowest BCUT2D eigenvalue weighted by molar-refractivity contribution is -0.122. The number of amides is 1. The van der Waals surface area contributed by atoms with E-state index in [2.05, 4.69) is 5.32 Å². The number of rotatable bonds is 4. The van der Waals surface area contributed by atoms with Crippen LogP contribution in [0.2, 0.25) is 0 Å². The van der Waals surface area contributed by atoms with Gasteiger partial charge in [-0.1, -0.05) is 29.8 Å².